The van der Waals surface area contributed by atoms with Crippen LogP contribution in [0, 0.1) is 17.0 Å². The van der Waals surface area contributed by atoms with E-state index in [0.29, 0.717) is 0 Å². The molecule has 5 nitrogen and oxygen atoms in total. The number of likely N-dealkylation sites (tertiary alicyclic amines) is 1. The molecule has 1 saturated heterocycles. The molecule has 3 rings (SSSR count). The summed E-state index contributed by atoms with van der Waals surface area (Å²) in [6, 6.07) is 7.91. The normalized spacial score (nSPS) is 15.7. The van der Waals surface area contributed by atoms with Crippen LogP contribution in [0.3, 0.4) is 0 Å². The van der Waals surface area contributed by atoms with E-state index in [4.69, 9.17) is 11.1 Å². The van der Waals surface area contributed by atoms with Crippen molar-refractivity contribution < 1.29 is 22.4 Å². The number of nitrogens with zero attached hydrogens (tertiary/aromatic N) is 1. The summed E-state index contributed by atoms with van der Waals surface area (Å²) in [5, 5.41) is 10.5. The quantitative estimate of drug-likeness (QED) is 0.400. The first-order chi connectivity index (χ1) is 13.2. The van der Waals surface area contributed by atoms with Gasteiger partial charge >= 0.3 is 0 Å². The lowest BCUT2D eigenvalue weighted by Crippen LogP contribution is -2.57. The smallest absolute Gasteiger partial charge is 0.272 e. The molecule has 0 saturated carbocycles. The second-order valence-electron chi connectivity index (χ2n) is 6.60. The van der Waals surface area contributed by atoms with E-state index in [-0.39, 0.29) is 48.6 Å². The van der Waals surface area contributed by atoms with Crippen molar-refractivity contribution in [2.24, 2.45) is 0 Å². The maximum atomic E-state index is 14.0. The fourth-order valence-corrected chi connectivity index (χ4v) is 2.97. The van der Waals surface area contributed by atoms with Crippen LogP contribution in [0.15, 0.2) is 36.4 Å². The summed E-state index contributed by atoms with van der Waals surface area (Å²) >= 11 is 0. The molecule has 2 aromatic rings. The minimum atomic E-state index is -2.68. The van der Waals surface area contributed by atoms with Gasteiger partial charge in [-0.15, -0.1) is 0 Å². The Labute approximate surface area is 158 Å². The highest BCUT2D eigenvalue weighted by Gasteiger charge is 2.43. The molecule has 9 heteroatoms. The van der Waals surface area contributed by atoms with Gasteiger partial charge in [0.05, 0.1) is 13.1 Å². The summed E-state index contributed by atoms with van der Waals surface area (Å²) in [6.07, 6.45) is 0. The minimum Gasteiger partial charge on any atom is -0.398 e. The van der Waals surface area contributed by atoms with Crippen molar-refractivity contribution in [3.63, 3.8) is 0 Å². The van der Waals surface area contributed by atoms with Crippen LogP contribution in [0.25, 0.3) is 11.1 Å². The number of anilines is 1. The molecule has 0 unspecified atom stereocenters. The van der Waals surface area contributed by atoms with E-state index in [0.717, 1.165) is 6.07 Å². The van der Waals surface area contributed by atoms with E-state index < -0.39 is 29.2 Å². The number of carbonyl (C=O) groups excluding carboxylic acids is 1. The van der Waals surface area contributed by atoms with Crippen LogP contribution in [0.1, 0.15) is 5.56 Å². The number of halogens is 4. The molecular weight excluding hydrogens is 376 g/mol. The van der Waals surface area contributed by atoms with E-state index in [1.54, 1.807) is 0 Å². The number of benzene rings is 2. The molecule has 0 aromatic heterocycles. The van der Waals surface area contributed by atoms with Gasteiger partial charge in [-0.05, 0) is 23.8 Å². The number of nitrogens with two attached hydrogens (primary N) is 1. The Bertz CT molecular complexity index is 924. The monoisotopic (exact) mass is 394 g/mol. The van der Waals surface area contributed by atoms with Crippen LogP contribution >= 0.6 is 0 Å². The molecule has 148 valence electrons. The number of amides is 1. The van der Waals surface area contributed by atoms with E-state index in [1.807, 2.05) is 0 Å². The van der Waals surface area contributed by atoms with Crippen molar-refractivity contribution in [2.75, 3.05) is 31.9 Å². The number of nitrogen functional groups attached to an aromatic ring is 1. The molecule has 0 radical (unpaired) electrons. The average molecular weight is 394 g/mol. The first kappa shape index (κ1) is 19.8. The largest absolute Gasteiger partial charge is 0.398 e. The lowest BCUT2D eigenvalue weighted by Gasteiger charge is -2.38. The summed E-state index contributed by atoms with van der Waals surface area (Å²) in [5.41, 5.74) is 5.81. The molecule has 4 N–H and O–H groups in total. The third-order valence-corrected chi connectivity index (χ3v) is 4.44. The average Bonchev–Trinajstić information content (AvgIpc) is 2.62. The van der Waals surface area contributed by atoms with Crippen LogP contribution in [-0.4, -0.2) is 48.6 Å². The molecule has 28 heavy (non-hydrogen) atoms. The van der Waals surface area contributed by atoms with Crippen molar-refractivity contribution in [3.05, 3.63) is 53.6 Å². The Morgan fingerprint density at radius 2 is 1.93 bits per heavy atom. The second kappa shape index (κ2) is 7.59. The molecule has 1 heterocycles. The standard InChI is InChI=1S/C19H18F4N4O/c20-14-3-1-2-12(16(14)21)11-4-5-15(24)13(8-11)17(25)18(28)26-6-7-27-9-19(22,23)10-27/h1-5,8,25H,6-7,9-10,24H2,(H,26,28). The molecule has 1 aliphatic rings. The molecule has 1 aliphatic heterocycles. The predicted molar refractivity (Wildman–Crippen MR) is 97.4 cm³/mol. The Hall–Kier alpha value is -2.94. The van der Waals surface area contributed by atoms with Crippen molar-refractivity contribution >= 4 is 17.3 Å². The molecule has 1 fully saturated rings. The summed E-state index contributed by atoms with van der Waals surface area (Å²) in [4.78, 5) is 13.7. The fourth-order valence-electron chi connectivity index (χ4n) is 2.97. The number of alkyl halides is 2. The lowest BCUT2D eigenvalue weighted by atomic mass is 9.98. The van der Waals surface area contributed by atoms with Crippen LogP contribution in [0.5, 0.6) is 0 Å². The first-order valence-corrected chi connectivity index (χ1v) is 8.49. The highest BCUT2D eigenvalue weighted by molar-refractivity contribution is 6.45. The van der Waals surface area contributed by atoms with E-state index in [9.17, 15) is 22.4 Å². The summed E-state index contributed by atoms with van der Waals surface area (Å²) in [5.74, 6) is -5.48. The topological polar surface area (TPSA) is 82.2 Å². The van der Waals surface area contributed by atoms with E-state index in [1.165, 1.54) is 35.2 Å². The van der Waals surface area contributed by atoms with E-state index >= 15 is 0 Å². The van der Waals surface area contributed by atoms with Gasteiger partial charge in [0.1, 0.15) is 5.71 Å². The SMILES string of the molecule is N=C(C(=O)NCCN1CC(F)(F)C1)c1cc(-c2cccc(F)c2F)ccc1N. The van der Waals surface area contributed by atoms with Crippen molar-refractivity contribution in [1.29, 1.82) is 5.41 Å². The van der Waals surface area contributed by atoms with Gasteiger partial charge in [-0.2, -0.15) is 0 Å². The third-order valence-electron chi connectivity index (χ3n) is 4.44. The maximum absolute atomic E-state index is 14.0. The number of rotatable bonds is 6. The molecular formula is C19H18F4N4O. The third kappa shape index (κ3) is 4.14. The van der Waals surface area contributed by atoms with Gasteiger partial charge in [-0.25, -0.2) is 17.6 Å². The maximum Gasteiger partial charge on any atom is 0.272 e. The summed E-state index contributed by atoms with van der Waals surface area (Å²) in [6.45, 7) is -0.378. The number of nitrogens with one attached hydrogen (secondary N) is 2. The van der Waals surface area contributed by atoms with Gasteiger partial charge in [0.15, 0.2) is 11.6 Å². The molecule has 0 atom stereocenters. The Morgan fingerprint density at radius 3 is 2.61 bits per heavy atom. The second-order valence-corrected chi connectivity index (χ2v) is 6.60. The Balaban J connectivity index is 1.69. The van der Waals surface area contributed by atoms with Gasteiger partial charge in [0, 0.05) is 29.9 Å². The number of hydrogen-bond acceptors (Lipinski definition) is 4. The van der Waals surface area contributed by atoms with E-state index in [2.05, 4.69) is 5.32 Å². The van der Waals surface area contributed by atoms with Gasteiger partial charge in [-0.3, -0.25) is 15.1 Å². The van der Waals surface area contributed by atoms with Crippen LogP contribution in [-0.2, 0) is 4.79 Å². The number of hydrogen-bond donors (Lipinski definition) is 3. The molecule has 2 aromatic carbocycles. The van der Waals surface area contributed by atoms with Crippen molar-refractivity contribution in [3.8, 4) is 11.1 Å². The molecule has 0 bridgehead atoms. The zero-order valence-electron chi connectivity index (χ0n) is 14.7. The van der Waals surface area contributed by atoms with Gasteiger partial charge in [-0.1, -0.05) is 18.2 Å². The fraction of sp³-hybridized carbons (Fsp3) is 0.263. The molecule has 0 spiro atoms. The zero-order chi connectivity index (χ0) is 20.5. The minimum absolute atomic E-state index is 0.0202. The van der Waals surface area contributed by atoms with Crippen molar-refractivity contribution in [1.82, 2.24) is 10.2 Å². The van der Waals surface area contributed by atoms with Gasteiger partial charge in [0.2, 0.25) is 0 Å². The molecule has 0 aliphatic carbocycles. The Kier molecular flexibility index (Phi) is 5.37. The Morgan fingerprint density at radius 1 is 1.21 bits per heavy atom. The van der Waals surface area contributed by atoms with Gasteiger partial charge in [0.25, 0.3) is 11.8 Å². The lowest BCUT2D eigenvalue weighted by molar-refractivity contribution is -0.130. The predicted octanol–water partition coefficient (Wildman–Crippen LogP) is 2.65. The zero-order valence-corrected chi connectivity index (χ0v) is 14.7. The number of carbonyl (C=O) groups is 1. The summed E-state index contributed by atoms with van der Waals surface area (Å²) in [7, 11) is 0. The highest BCUT2D eigenvalue weighted by Crippen LogP contribution is 2.28. The van der Waals surface area contributed by atoms with Crippen LogP contribution < -0.4 is 11.1 Å². The first-order valence-electron chi connectivity index (χ1n) is 8.49. The molecule has 1 amide bonds. The highest BCUT2D eigenvalue weighted by atomic mass is 19.3. The van der Waals surface area contributed by atoms with Crippen molar-refractivity contribution in [2.45, 2.75) is 5.92 Å². The van der Waals surface area contributed by atoms with Crippen LogP contribution in [0.2, 0.25) is 0 Å². The van der Waals surface area contributed by atoms with Crippen LogP contribution in [0.4, 0.5) is 23.2 Å². The summed E-state index contributed by atoms with van der Waals surface area (Å²) < 4.78 is 53.0. The van der Waals surface area contributed by atoms with Gasteiger partial charge < -0.3 is 11.1 Å².